The van der Waals surface area contributed by atoms with E-state index in [-0.39, 0.29) is 35.2 Å². The SMILES string of the molecule is O=C1c2ccc(Oc3ccccc3Cl)cc2C(=O)C2C3C=CC(C3)C12. The molecule has 3 aliphatic rings. The number of hydrogen-bond acceptors (Lipinski definition) is 3. The van der Waals surface area contributed by atoms with E-state index in [0.717, 1.165) is 6.42 Å². The minimum Gasteiger partial charge on any atom is -0.456 e. The zero-order valence-electron chi connectivity index (χ0n) is 13.3. The predicted octanol–water partition coefficient (Wildman–Crippen LogP) is 4.95. The summed E-state index contributed by atoms with van der Waals surface area (Å²) in [6.45, 7) is 0. The summed E-state index contributed by atoms with van der Waals surface area (Å²) in [5, 5.41) is 0.501. The standard InChI is InChI=1S/C21H15ClO3/c22-16-3-1-2-4-17(16)25-13-7-8-14-15(10-13)21(24)19-12-6-5-11(9-12)18(19)20(14)23/h1-8,10-12,18-19H,9H2. The average Bonchev–Trinajstić information content (AvgIpc) is 3.23. The fraction of sp³-hybridized carbons (Fsp3) is 0.238. The monoisotopic (exact) mass is 350 g/mol. The van der Waals surface area contributed by atoms with Gasteiger partial charge in [-0.2, -0.15) is 0 Å². The van der Waals surface area contributed by atoms with E-state index in [0.29, 0.717) is 27.6 Å². The van der Waals surface area contributed by atoms with Gasteiger partial charge in [0.15, 0.2) is 11.6 Å². The molecule has 0 N–H and O–H groups in total. The third-order valence-corrected chi connectivity index (χ3v) is 5.96. The molecule has 124 valence electrons. The summed E-state index contributed by atoms with van der Waals surface area (Å²) >= 11 is 6.13. The highest BCUT2D eigenvalue weighted by Crippen LogP contribution is 2.53. The van der Waals surface area contributed by atoms with Crippen molar-refractivity contribution in [1.29, 1.82) is 0 Å². The number of rotatable bonds is 2. The zero-order chi connectivity index (χ0) is 17.1. The van der Waals surface area contributed by atoms with Crippen molar-refractivity contribution in [2.24, 2.45) is 23.7 Å². The Morgan fingerprint density at radius 2 is 1.56 bits per heavy atom. The van der Waals surface area contributed by atoms with Crippen LogP contribution < -0.4 is 4.74 Å². The van der Waals surface area contributed by atoms with Gasteiger partial charge in [-0.05, 0) is 48.6 Å². The molecule has 3 nitrogen and oxygen atoms in total. The molecule has 2 bridgehead atoms. The fourth-order valence-corrected chi connectivity index (χ4v) is 4.73. The first kappa shape index (κ1) is 14.9. The third-order valence-electron chi connectivity index (χ3n) is 5.65. The Morgan fingerprint density at radius 3 is 2.28 bits per heavy atom. The summed E-state index contributed by atoms with van der Waals surface area (Å²) in [6, 6.07) is 12.3. The number of ketones is 2. The minimum absolute atomic E-state index is 0.0704. The summed E-state index contributed by atoms with van der Waals surface area (Å²) in [6.07, 6.45) is 5.13. The minimum atomic E-state index is -0.203. The summed E-state index contributed by atoms with van der Waals surface area (Å²) in [4.78, 5) is 25.9. The van der Waals surface area contributed by atoms with Crippen molar-refractivity contribution in [3.8, 4) is 11.5 Å². The molecule has 0 radical (unpaired) electrons. The lowest BCUT2D eigenvalue weighted by atomic mass is 9.69. The summed E-state index contributed by atoms with van der Waals surface area (Å²) in [5.41, 5.74) is 1.01. The summed E-state index contributed by atoms with van der Waals surface area (Å²) in [7, 11) is 0. The molecule has 0 aromatic heterocycles. The van der Waals surface area contributed by atoms with Crippen molar-refractivity contribution >= 4 is 23.2 Å². The first-order valence-electron chi connectivity index (χ1n) is 8.46. The second-order valence-electron chi connectivity index (χ2n) is 6.97. The van der Waals surface area contributed by atoms with Crippen LogP contribution in [0.15, 0.2) is 54.6 Å². The van der Waals surface area contributed by atoms with Crippen molar-refractivity contribution in [3.05, 3.63) is 70.8 Å². The van der Waals surface area contributed by atoms with Gasteiger partial charge in [-0.3, -0.25) is 9.59 Å². The normalized spacial score (nSPS) is 28.8. The van der Waals surface area contributed by atoms with Gasteiger partial charge in [-0.25, -0.2) is 0 Å². The van der Waals surface area contributed by atoms with E-state index < -0.39 is 0 Å². The van der Waals surface area contributed by atoms with E-state index in [1.54, 1.807) is 30.3 Å². The summed E-state index contributed by atoms with van der Waals surface area (Å²) in [5.74, 6) is 1.26. The van der Waals surface area contributed by atoms with E-state index in [9.17, 15) is 9.59 Å². The van der Waals surface area contributed by atoms with Gasteiger partial charge in [0.25, 0.3) is 0 Å². The van der Waals surface area contributed by atoms with E-state index in [4.69, 9.17) is 16.3 Å². The number of Topliss-reactive ketones (excluding diaryl/α,β-unsaturated/α-hetero) is 2. The van der Waals surface area contributed by atoms with Gasteiger partial charge < -0.3 is 4.74 Å². The Hall–Kier alpha value is -2.39. The van der Waals surface area contributed by atoms with Crippen molar-refractivity contribution in [1.82, 2.24) is 0 Å². The number of ether oxygens (including phenoxy) is 1. The lowest BCUT2D eigenvalue weighted by Gasteiger charge is -2.31. The van der Waals surface area contributed by atoms with Crippen molar-refractivity contribution in [3.63, 3.8) is 0 Å². The van der Waals surface area contributed by atoms with Crippen LogP contribution in [0.5, 0.6) is 11.5 Å². The van der Waals surface area contributed by atoms with E-state index in [2.05, 4.69) is 12.2 Å². The molecular formula is C21H15ClO3. The highest BCUT2D eigenvalue weighted by molar-refractivity contribution is 6.32. The molecule has 25 heavy (non-hydrogen) atoms. The Labute approximate surface area is 150 Å². The number of allylic oxidation sites excluding steroid dienone is 2. The first-order chi connectivity index (χ1) is 12.1. The summed E-state index contributed by atoms with van der Waals surface area (Å²) < 4.78 is 5.82. The highest BCUT2D eigenvalue weighted by Gasteiger charge is 2.54. The second kappa shape index (κ2) is 5.30. The quantitative estimate of drug-likeness (QED) is 0.720. The number of para-hydroxylation sites is 1. The Morgan fingerprint density at radius 1 is 0.880 bits per heavy atom. The van der Waals surface area contributed by atoms with Gasteiger partial charge >= 0.3 is 0 Å². The molecule has 4 unspecified atom stereocenters. The number of halogens is 1. The van der Waals surface area contributed by atoms with E-state index >= 15 is 0 Å². The fourth-order valence-electron chi connectivity index (χ4n) is 4.56. The van der Waals surface area contributed by atoms with Gasteiger partial charge in [0, 0.05) is 23.0 Å². The van der Waals surface area contributed by atoms with Crippen molar-refractivity contribution in [2.45, 2.75) is 6.42 Å². The molecule has 4 atom stereocenters. The van der Waals surface area contributed by atoms with Crippen LogP contribution in [0.2, 0.25) is 5.02 Å². The van der Waals surface area contributed by atoms with Gasteiger partial charge in [0.05, 0.1) is 5.02 Å². The maximum Gasteiger partial charge on any atom is 0.168 e. The number of carbonyl (C=O) groups is 2. The maximum atomic E-state index is 13.0. The van der Waals surface area contributed by atoms with Crippen LogP contribution in [0.1, 0.15) is 27.1 Å². The molecular weight excluding hydrogens is 336 g/mol. The molecule has 0 spiro atoms. The van der Waals surface area contributed by atoms with Crippen LogP contribution >= 0.6 is 11.6 Å². The molecule has 0 saturated heterocycles. The molecule has 2 aromatic carbocycles. The number of hydrogen-bond donors (Lipinski definition) is 0. The van der Waals surface area contributed by atoms with E-state index in [1.165, 1.54) is 0 Å². The largest absolute Gasteiger partial charge is 0.456 e. The van der Waals surface area contributed by atoms with Gasteiger partial charge in [-0.1, -0.05) is 35.9 Å². The van der Waals surface area contributed by atoms with Crippen LogP contribution in [0, 0.1) is 23.7 Å². The molecule has 5 rings (SSSR count). The maximum absolute atomic E-state index is 13.0. The molecule has 0 aliphatic heterocycles. The van der Waals surface area contributed by atoms with Crippen LogP contribution in [-0.4, -0.2) is 11.6 Å². The lowest BCUT2D eigenvalue weighted by molar-refractivity contribution is 0.0720. The Bertz CT molecular complexity index is 946. The zero-order valence-corrected chi connectivity index (χ0v) is 14.1. The molecule has 4 heteroatoms. The second-order valence-corrected chi connectivity index (χ2v) is 7.38. The van der Waals surface area contributed by atoms with Crippen LogP contribution in [0.3, 0.4) is 0 Å². The lowest BCUT2D eigenvalue weighted by Crippen LogP contribution is -2.38. The third kappa shape index (κ3) is 2.12. The first-order valence-corrected chi connectivity index (χ1v) is 8.84. The van der Waals surface area contributed by atoms with Gasteiger partial charge in [-0.15, -0.1) is 0 Å². The Balaban J connectivity index is 1.54. The molecule has 1 fully saturated rings. The van der Waals surface area contributed by atoms with E-state index in [1.807, 2.05) is 12.1 Å². The van der Waals surface area contributed by atoms with Crippen LogP contribution in [0.4, 0.5) is 0 Å². The molecule has 0 heterocycles. The van der Waals surface area contributed by atoms with Crippen LogP contribution in [0.25, 0.3) is 0 Å². The molecule has 1 saturated carbocycles. The number of benzene rings is 2. The number of carbonyl (C=O) groups excluding carboxylic acids is 2. The number of fused-ring (bicyclic) bond motifs is 6. The smallest absolute Gasteiger partial charge is 0.168 e. The molecule has 2 aromatic rings. The van der Waals surface area contributed by atoms with Crippen LogP contribution in [-0.2, 0) is 0 Å². The molecule has 3 aliphatic carbocycles. The Kier molecular flexibility index (Phi) is 3.16. The predicted molar refractivity (Wildman–Crippen MR) is 94.3 cm³/mol. The van der Waals surface area contributed by atoms with Crippen molar-refractivity contribution < 1.29 is 14.3 Å². The van der Waals surface area contributed by atoms with Gasteiger partial charge in [0.2, 0.25) is 0 Å². The van der Waals surface area contributed by atoms with Gasteiger partial charge in [0.1, 0.15) is 11.5 Å². The highest BCUT2D eigenvalue weighted by atomic mass is 35.5. The van der Waals surface area contributed by atoms with Crippen molar-refractivity contribution in [2.75, 3.05) is 0 Å². The topological polar surface area (TPSA) is 43.4 Å². The average molecular weight is 351 g/mol. The molecule has 0 amide bonds.